The van der Waals surface area contributed by atoms with E-state index in [-0.39, 0.29) is 0 Å². The standard InChI is InChI=1S/C56H52N2/c1-37-13-11-14-38(2)55(37)57(47-29-21-43(22-30-47)41-17-7-5-8-18-41)51-35-27-45-26-34-50-52(36-28-46-25-33-49(51)53(45)54(46)50)58(56-39(3)15-12-16-40(56)4)48-31-23-44(24-32-48)42-19-9-6-10-20-42/h7,9,11-17,19,21-36,41-42H,5-6,8,10,18,20H2,1-4H3. The van der Waals surface area contributed by atoms with E-state index in [4.69, 9.17) is 0 Å². The Balaban J connectivity index is 1.17. The highest BCUT2D eigenvalue weighted by Crippen LogP contribution is 2.49. The number of aryl methyl sites for hydroxylation is 4. The van der Waals surface area contributed by atoms with Crippen molar-refractivity contribution >= 4 is 66.4 Å². The first-order chi connectivity index (χ1) is 28.4. The van der Waals surface area contributed by atoms with Crippen LogP contribution in [0.5, 0.6) is 0 Å². The molecule has 8 aromatic rings. The number of anilines is 6. The van der Waals surface area contributed by atoms with Crippen LogP contribution in [0.3, 0.4) is 0 Å². The average Bonchev–Trinajstić information content (AvgIpc) is 3.26. The van der Waals surface area contributed by atoms with Crippen LogP contribution in [0.15, 0.2) is 158 Å². The smallest absolute Gasteiger partial charge is 0.0540 e. The van der Waals surface area contributed by atoms with Crippen LogP contribution < -0.4 is 9.80 Å². The van der Waals surface area contributed by atoms with E-state index in [1.807, 2.05) is 0 Å². The molecule has 0 amide bonds. The molecule has 0 heterocycles. The molecule has 286 valence electrons. The molecule has 8 aromatic carbocycles. The summed E-state index contributed by atoms with van der Waals surface area (Å²) in [5, 5.41) is 7.68. The van der Waals surface area contributed by atoms with Crippen LogP contribution in [0.4, 0.5) is 34.1 Å². The van der Waals surface area contributed by atoms with Gasteiger partial charge in [0, 0.05) is 34.0 Å². The van der Waals surface area contributed by atoms with E-state index < -0.39 is 0 Å². The zero-order valence-corrected chi connectivity index (χ0v) is 34.3. The minimum absolute atomic E-state index is 0.496. The van der Waals surface area contributed by atoms with E-state index in [0.29, 0.717) is 11.8 Å². The van der Waals surface area contributed by atoms with E-state index >= 15 is 0 Å². The maximum Gasteiger partial charge on any atom is 0.0540 e. The summed E-state index contributed by atoms with van der Waals surface area (Å²) in [7, 11) is 0. The predicted octanol–water partition coefficient (Wildman–Crippen LogP) is 16.4. The Morgan fingerprint density at radius 1 is 0.414 bits per heavy atom. The maximum absolute atomic E-state index is 2.52. The molecule has 2 atom stereocenters. The van der Waals surface area contributed by atoms with Gasteiger partial charge in [-0.1, -0.05) is 121 Å². The highest BCUT2D eigenvalue weighted by Gasteiger charge is 2.25. The number of benzene rings is 8. The van der Waals surface area contributed by atoms with Gasteiger partial charge in [0.25, 0.3) is 0 Å². The second-order valence-electron chi connectivity index (χ2n) is 16.9. The van der Waals surface area contributed by atoms with Crippen molar-refractivity contribution in [3.63, 3.8) is 0 Å². The summed E-state index contributed by atoms with van der Waals surface area (Å²) in [5.74, 6) is 0.991. The number of rotatable bonds is 8. The minimum atomic E-state index is 0.496. The van der Waals surface area contributed by atoms with Gasteiger partial charge in [-0.25, -0.2) is 0 Å². The quantitative estimate of drug-likeness (QED) is 0.113. The van der Waals surface area contributed by atoms with Crippen LogP contribution in [-0.2, 0) is 0 Å². The van der Waals surface area contributed by atoms with E-state index in [0.717, 1.165) is 0 Å². The molecule has 0 fully saturated rings. The summed E-state index contributed by atoms with van der Waals surface area (Å²) < 4.78 is 0. The fourth-order valence-corrected chi connectivity index (χ4v) is 10.2. The third kappa shape index (κ3) is 6.27. The normalized spacial score (nSPS) is 16.8. The fourth-order valence-electron chi connectivity index (χ4n) is 10.2. The molecule has 0 aliphatic heterocycles. The van der Waals surface area contributed by atoms with Gasteiger partial charge in [0.05, 0.1) is 22.7 Å². The summed E-state index contributed by atoms with van der Waals surface area (Å²) in [5.41, 5.74) is 15.1. The third-order valence-electron chi connectivity index (χ3n) is 13.1. The van der Waals surface area contributed by atoms with E-state index in [2.05, 4.69) is 195 Å². The van der Waals surface area contributed by atoms with Gasteiger partial charge in [0.2, 0.25) is 0 Å². The van der Waals surface area contributed by atoms with Crippen LogP contribution in [-0.4, -0.2) is 0 Å². The van der Waals surface area contributed by atoms with Gasteiger partial charge in [-0.3, -0.25) is 0 Å². The predicted molar refractivity (Wildman–Crippen MR) is 250 cm³/mol. The van der Waals surface area contributed by atoms with Crippen LogP contribution in [0.25, 0.3) is 32.3 Å². The lowest BCUT2D eigenvalue weighted by Gasteiger charge is -2.32. The van der Waals surface area contributed by atoms with Crippen molar-refractivity contribution in [3.05, 3.63) is 191 Å². The zero-order valence-electron chi connectivity index (χ0n) is 34.3. The Kier molecular flexibility index (Phi) is 9.37. The maximum atomic E-state index is 2.52. The van der Waals surface area contributed by atoms with Crippen molar-refractivity contribution in [1.82, 2.24) is 0 Å². The molecule has 58 heavy (non-hydrogen) atoms. The first-order valence-electron chi connectivity index (χ1n) is 21.4. The fraction of sp³-hybridized carbons (Fsp3) is 0.214. The molecular weight excluding hydrogens is 701 g/mol. The molecule has 0 bridgehead atoms. The highest BCUT2D eigenvalue weighted by molar-refractivity contribution is 6.28. The van der Waals surface area contributed by atoms with Crippen molar-refractivity contribution in [2.45, 2.75) is 78.1 Å². The van der Waals surface area contributed by atoms with Gasteiger partial charge in [0.15, 0.2) is 0 Å². The van der Waals surface area contributed by atoms with Crippen molar-refractivity contribution in [2.24, 2.45) is 0 Å². The molecule has 2 aliphatic rings. The summed E-state index contributed by atoms with van der Waals surface area (Å²) in [4.78, 5) is 5.04. The van der Waals surface area contributed by atoms with Crippen molar-refractivity contribution in [1.29, 1.82) is 0 Å². The Labute approximate surface area is 344 Å². The molecule has 10 rings (SSSR count). The largest absolute Gasteiger partial charge is 0.309 e. The third-order valence-corrected chi connectivity index (χ3v) is 13.1. The Morgan fingerprint density at radius 2 is 0.793 bits per heavy atom. The van der Waals surface area contributed by atoms with Crippen molar-refractivity contribution in [3.8, 4) is 0 Å². The Bertz CT molecular complexity index is 2600. The molecule has 0 spiro atoms. The monoisotopic (exact) mass is 752 g/mol. The first-order valence-corrected chi connectivity index (χ1v) is 21.4. The van der Waals surface area contributed by atoms with Gasteiger partial charge in [-0.2, -0.15) is 0 Å². The number of hydrogen-bond acceptors (Lipinski definition) is 2. The molecular formula is C56H52N2. The summed E-state index contributed by atoms with van der Waals surface area (Å²) in [6, 6.07) is 51.0. The summed E-state index contributed by atoms with van der Waals surface area (Å²) in [6.45, 7) is 9.00. The second-order valence-corrected chi connectivity index (χ2v) is 16.9. The SMILES string of the molecule is Cc1cccc(C)c1N(c1ccc(C2C=CCCC2)cc1)c1ccc2ccc3c(N(c4ccc(C5C=CCCC5)cc4)c4c(C)cccc4C)ccc4ccc1c2c43. The Hall–Kier alpha value is -6.12. The van der Waals surface area contributed by atoms with Crippen LogP contribution in [0.2, 0.25) is 0 Å². The molecule has 0 aromatic heterocycles. The van der Waals surface area contributed by atoms with Crippen LogP contribution in [0.1, 0.15) is 83.7 Å². The summed E-state index contributed by atoms with van der Waals surface area (Å²) in [6.07, 6.45) is 16.9. The van der Waals surface area contributed by atoms with Crippen LogP contribution in [0, 0.1) is 27.7 Å². The number of allylic oxidation sites excluding steroid dienone is 4. The second kappa shape index (κ2) is 15.0. The average molecular weight is 753 g/mol. The van der Waals surface area contributed by atoms with Crippen molar-refractivity contribution in [2.75, 3.05) is 9.80 Å². The van der Waals surface area contributed by atoms with Gasteiger partial charge in [-0.05, 0) is 158 Å². The van der Waals surface area contributed by atoms with Gasteiger partial charge in [0.1, 0.15) is 0 Å². The summed E-state index contributed by atoms with van der Waals surface area (Å²) >= 11 is 0. The molecule has 0 saturated heterocycles. The van der Waals surface area contributed by atoms with Gasteiger partial charge < -0.3 is 9.80 Å². The lowest BCUT2D eigenvalue weighted by Crippen LogP contribution is -2.14. The number of para-hydroxylation sites is 2. The first kappa shape index (κ1) is 36.2. The van der Waals surface area contributed by atoms with Crippen LogP contribution >= 0.6 is 0 Å². The van der Waals surface area contributed by atoms with E-state index in [1.54, 1.807) is 0 Å². The topological polar surface area (TPSA) is 6.48 Å². The molecule has 0 radical (unpaired) electrons. The molecule has 2 nitrogen and oxygen atoms in total. The highest BCUT2D eigenvalue weighted by atomic mass is 15.2. The minimum Gasteiger partial charge on any atom is -0.309 e. The van der Waals surface area contributed by atoms with E-state index in [9.17, 15) is 0 Å². The molecule has 0 saturated carbocycles. The molecule has 2 aliphatic carbocycles. The zero-order chi connectivity index (χ0) is 39.3. The number of nitrogens with zero attached hydrogens (tertiary/aromatic N) is 2. The van der Waals surface area contributed by atoms with Gasteiger partial charge >= 0.3 is 0 Å². The molecule has 0 N–H and O–H groups in total. The van der Waals surface area contributed by atoms with Gasteiger partial charge in [-0.15, -0.1) is 0 Å². The molecule has 2 unspecified atom stereocenters. The van der Waals surface area contributed by atoms with E-state index in [1.165, 1.54) is 138 Å². The lowest BCUT2D eigenvalue weighted by molar-refractivity contribution is 0.654. The lowest BCUT2D eigenvalue weighted by atomic mass is 9.89. The molecule has 2 heteroatoms. The Morgan fingerprint density at radius 3 is 1.16 bits per heavy atom. The van der Waals surface area contributed by atoms with Crippen molar-refractivity contribution < 1.29 is 0 Å². The number of hydrogen-bond donors (Lipinski definition) is 0.